The first kappa shape index (κ1) is 17.0. The van der Waals surface area contributed by atoms with Crippen molar-refractivity contribution >= 4 is 44.9 Å². The lowest BCUT2D eigenvalue weighted by molar-refractivity contribution is -0.383. The van der Waals surface area contributed by atoms with Gasteiger partial charge in [0.1, 0.15) is 0 Å². The molecule has 138 valence electrons. The van der Waals surface area contributed by atoms with Crippen LogP contribution in [0.3, 0.4) is 0 Å². The highest BCUT2D eigenvalue weighted by atomic mass is 16.7. The number of aromatic nitrogens is 1. The Labute approximate surface area is 153 Å². The number of carbonyl (C=O) groups excluding carboxylic acids is 2. The lowest BCUT2D eigenvalue weighted by Crippen LogP contribution is -2.44. The minimum absolute atomic E-state index is 0.0344. The first-order chi connectivity index (χ1) is 12.7. The molecule has 0 unspecified atom stereocenters. The molecule has 1 aromatic heterocycles. The van der Waals surface area contributed by atoms with Gasteiger partial charge in [-0.2, -0.15) is 0 Å². The SMILES string of the molecule is CCn1c(=C2C(=O)OC(C)(C)OC2=O)c2cccc3c([N+](=O)[O-])ccc1c32. The fourth-order valence-electron chi connectivity index (χ4n) is 3.66. The quantitative estimate of drug-likeness (QED) is 0.391. The summed E-state index contributed by atoms with van der Waals surface area (Å²) in [7, 11) is 0. The molecule has 1 saturated heterocycles. The normalized spacial score (nSPS) is 16.6. The maximum atomic E-state index is 12.6. The summed E-state index contributed by atoms with van der Waals surface area (Å²) < 4.78 is 12.3. The molecule has 0 bridgehead atoms. The zero-order valence-corrected chi connectivity index (χ0v) is 14.9. The number of nitro benzene ring substituents is 1. The molecule has 1 aliphatic rings. The summed E-state index contributed by atoms with van der Waals surface area (Å²) in [5.74, 6) is -2.89. The Bertz CT molecular complexity index is 1180. The number of hydrogen-bond acceptors (Lipinski definition) is 6. The highest BCUT2D eigenvalue weighted by Crippen LogP contribution is 2.33. The smallest absolute Gasteiger partial charge is 0.351 e. The molecule has 27 heavy (non-hydrogen) atoms. The van der Waals surface area contributed by atoms with Crippen molar-refractivity contribution in [3.05, 3.63) is 45.8 Å². The van der Waals surface area contributed by atoms with Gasteiger partial charge in [-0.25, -0.2) is 9.59 Å². The van der Waals surface area contributed by atoms with E-state index in [1.807, 2.05) is 6.92 Å². The Morgan fingerprint density at radius 1 is 1.07 bits per heavy atom. The van der Waals surface area contributed by atoms with Crippen LogP contribution in [0.4, 0.5) is 5.69 Å². The number of non-ortho nitro benzene ring substituents is 1. The number of benzene rings is 2. The van der Waals surface area contributed by atoms with Gasteiger partial charge in [-0.05, 0) is 19.1 Å². The van der Waals surface area contributed by atoms with Crippen molar-refractivity contribution in [2.24, 2.45) is 0 Å². The van der Waals surface area contributed by atoms with Gasteiger partial charge in [0.2, 0.25) is 0 Å². The topological polar surface area (TPSA) is 101 Å². The van der Waals surface area contributed by atoms with Crippen molar-refractivity contribution in [1.29, 1.82) is 0 Å². The van der Waals surface area contributed by atoms with E-state index in [-0.39, 0.29) is 11.3 Å². The zero-order valence-electron chi connectivity index (χ0n) is 14.9. The fourth-order valence-corrected chi connectivity index (χ4v) is 3.66. The largest absolute Gasteiger partial charge is 0.419 e. The van der Waals surface area contributed by atoms with Crippen molar-refractivity contribution in [3.8, 4) is 0 Å². The Morgan fingerprint density at radius 3 is 2.30 bits per heavy atom. The van der Waals surface area contributed by atoms with Crippen molar-refractivity contribution in [2.45, 2.75) is 33.1 Å². The number of esters is 2. The van der Waals surface area contributed by atoms with Crippen molar-refractivity contribution in [3.63, 3.8) is 0 Å². The third-order valence-corrected chi connectivity index (χ3v) is 4.65. The highest BCUT2D eigenvalue weighted by molar-refractivity contribution is 6.38. The molecule has 0 amide bonds. The van der Waals surface area contributed by atoms with E-state index in [9.17, 15) is 19.7 Å². The second kappa shape index (κ2) is 5.54. The van der Waals surface area contributed by atoms with Crippen LogP contribution in [0, 0.1) is 10.1 Å². The number of nitro groups is 1. The van der Waals surface area contributed by atoms with Gasteiger partial charge in [-0.15, -0.1) is 0 Å². The Balaban J connectivity index is 2.21. The van der Waals surface area contributed by atoms with Gasteiger partial charge >= 0.3 is 11.9 Å². The van der Waals surface area contributed by atoms with E-state index in [4.69, 9.17) is 9.47 Å². The first-order valence-corrected chi connectivity index (χ1v) is 8.44. The lowest BCUT2D eigenvalue weighted by Gasteiger charge is -2.29. The van der Waals surface area contributed by atoms with Crippen LogP contribution in [-0.2, 0) is 25.6 Å². The third-order valence-electron chi connectivity index (χ3n) is 4.65. The number of ether oxygens (including phenoxy) is 2. The lowest BCUT2D eigenvalue weighted by atomic mass is 10.0. The maximum Gasteiger partial charge on any atom is 0.351 e. The molecule has 0 spiro atoms. The van der Waals surface area contributed by atoms with Crippen LogP contribution in [0.5, 0.6) is 0 Å². The Hall–Kier alpha value is -3.42. The molecule has 8 nitrogen and oxygen atoms in total. The molecule has 2 heterocycles. The minimum Gasteiger partial charge on any atom is -0.419 e. The average molecular weight is 368 g/mol. The van der Waals surface area contributed by atoms with E-state index in [1.165, 1.54) is 19.9 Å². The average Bonchev–Trinajstić information content (AvgIpc) is 2.89. The van der Waals surface area contributed by atoms with Gasteiger partial charge in [0.05, 0.1) is 21.2 Å². The Kier molecular flexibility index (Phi) is 3.49. The van der Waals surface area contributed by atoms with E-state index in [2.05, 4.69) is 0 Å². The summed E-state index contributed by atoms with van der Waals surface area (Å²) in [4.78, 5) is 36.1. The fraction of sp³-hybridized carbons (Fsp3) is 0.263. The second-order valence-corrected chi connectivity index (χ2v) is 6.74. The van der Waals surface area contributed by atoms with Crippen molar-refractivity contribution in [2.75, 3.05) is 0 Å². The summed E-state index contributed by atoms with van der Waals surface area (Å²) in [5.41, 5.74) is 0.456. The highest BCUT2D eigenvalue weighted by Gasteiger charge is 2.40. The molecule has 3 aromatic rings. The first-order valence-electron chi connectivity index (χ1n) is 8.44. The van der Waals surface area contributed by atoms with E-state index >= 15 is 0 Å². The molecule has 0 atom stereocenters. The maximum absolute atomic E-state index is 12.6. The van der Waals surface area contributed by atoms with Gasteiger partial charge in [0.15, 0.2) is 5.57 Å². The molecule has 1 fully saturated rings. The van der Waals surface area contributed by atoms with Crippen LogP contribution in [0.1, 0.15) is 20.8 Å². The zero-order chi connectivity index (χ0) is 19.5. The summed E-state index contributed by atoms with van der Waals surface area (Å²) in [6.07, 6.45) is 0. The van der Waals surface area contributed by atoms with Crippen LogP contribution in [0.2, 0.25) is 0 Å². The molecule has 0 saturated carbocycles. The molecule has 1 aliphatic heterocycles. The molecule has 0 radical (unpaired) electrons. The van der Waals surface area contributed by atoms with Crippen LogP contribution >= 0.6 is 0 Å². The van der Waals surface area contributed by atoms with E-state index < -0.39 is 22.6 Å². The van der Waals surface area contributed by atoms with E-state index in [0.717, 1.165) is 0 Å². The predicted octanol–water partition coefficient (Wildman–Crippen LogP) is 2.43. The minimum atomic E-state index is -1.34. The number of cyclic esters (lactones) is 2. The van der Waals surface area contributed by atoms with Crippen LogP contribution in [0.15, 0.2) is 30.3 Å². The molecule has 0 aliphatic carbocycles. The van der Waals surface area contributed by atoms with Crippen LogP contribution in [-0.4, -0.2) is 27.2 Å². The van der Waals surface area contributed by atoms with Crippen molar-refractivity contribution in [1.82, 2.24) is 4.57 Å². The monoisotopic (exact) mass is 368 g/mol. The Morgan fingerprint density at radius 2 is 1.70 bits per heavy atom. The number of hydrogen-bond donors (Lipinski definition) is 0. The standard InChI is InChI=1S/C19H16N2O6/c1-4-20-13-9-8-12(21(24)25)10-6-5-7-11(14(10)13)16(20)15-17(22)26-19(2,3)27-18(15)23/h5-9H,4H2,1-3H3. The van der Waals surface area contributed by atoms with E-state index in [1.54, 1.807) is 28.8 Å². The van der Waals surface area contributed by atoms with Gasteiger partial charge < -0.3 is 14.0 Å². The molecular formula is C19H16N2O6. The number of carbonyl (C=O) groups is 2. The van der Waals surface area contributed by atoms with Gasteiger partial charge in [-0.3, -0.25) is 10.1 Å². The predicted molar refractivity (Wildman–Crippen MR) is 96.7 cm³/mol. The summed E-state index contributed by atoms with van der Waals surface area (Å²) in [5, 5.41) is 13.4. The summed E-state index contributed by atoms with van der Waals surface area (Å²) in [6, 6.07) is 8.11. The summed E-state index contributed by atoms with van der Waals surface area (Å²) in [6.45, 7) is 5.28. The molecule has 0 N–H and O–H groups in total. The number of aryl methyl sites for hydroxylation is 1. The molecule has 8 heteroatoms. The number of nitrogens with zero attached hydrogens (tertiary/aromatic N) is 2. The van der Waals surface area contributed by atoms with E-state index in [0.29, 0.717) is 33.6 Å². The number of rotatable bonds is 2. The molecule has 2 aromatic carbocycles. The van der Waals surface area contributed by atoms with Gasteiger partial charge in [-0.1, -0.05) is 12.1 Å². The summed E-state index contributed by atoms with van der Waals surface area (Å²) >= 11 is 0. The molecule has 4 rings (SSSR count). The van der Waals surface area contributed by atoms with Gasteiger partial charge in [0.25, 0.3) is 11.5 Å². The van der Waals surface area contributed by atoms with Crippen LogP contribution < -0.4 is 5.35 Å². The molecular weight excluding hydrogens is 352 g/mol. The third kappa shape index (κ3) is 2.37. The second-order valence-electron chi connectivity index (χ2n) is 6.74. The van der Waals surface area contributed by atoms with Crippen molar-refractivity contribution < 1.29 is 24.0 Å². The van der Waals surface area contributed by atoms with Crippen LogP contribution in [0.25, 0.3) is 27.2 Å². The van der Waals surface area contributed by atoms with Gasteiger partial charge in [0, 0.05) is 37.2 Å².